The van der Waals surface area contributed by atoms with E-state index in [0.717, 1.165) is 3.57 Å². The first-order valence-corrected chi connectivity index (χ1v) is 9.69. The molecule has 0 heterocycles. The summed E-state index contributed by atoms with van der Waals surface area (Å²) in [5, 5.41) is 22.1. The van der Waals surface area contributed by atoms with Gasteiger partial charge in [-0.2, -0.15) is 0 Å². The molecular weight excluding hydrogens is 490 g/mol. The van der Waals surface area contributed by atoms with Crippen LogP contribution in [0.4, 0.5) is 21.5 Å². The van der Waals surface area contributed by atoms with Gasteiger partial charge in [0.1, 0.15) is 5.82 Å². The summed E-state index contributed by atoms with van der Waals surface area (Å²) in [6.45, 7) is 1.46. The maximum absolute atomic E-state index is 14.0. The zero-order valence-electron chi connectivity index (χ0n) is 15.4. The molecule has 1 aliphatic carbocycles. The molecule has 1 unspecified atom stereocenters. The number of aliphatic carboxylic acids is 2. The highest BCUT2D eigenvalue weighted by Gasteiger charge is 2.37. The number of nitrogens with two attached hydrogens (primary N) is 1. The van der Waals surface area contributed by atoms with Crippen LogP contribution in [-0.2, 0) is 9.59 Å². The molecule has 0 aliphatic heterocycles. The highest BCUT2D eigenvalue weighted by Crippen LogP contribution is 2.40. The van der Waals surface area contributed by atoms with Crippen LogP contribution in [0.15, 0.2) is 54.1 Å². The van der Waals surface area contributed by atoms with Gasteiger partial charge in [-0.15, -0.1) is 0 Å². The summed E-state index contributed by atoms with van der Waals surface area (Å²) in [5.41, 5.74) is 6.82. The molecule has 3 rings (SSSR count). The monoisotopic (exact) mass is 508 g/mol. The van der Waals surface area contributed by atoms with Crippen molar-refractivity contribution in [3.05, 3.63) is 69.1 Å². The molecule has 0 fully saturated rings. The summed E-state index contributed by atoms with van der Waals surface area (Å²) in [6.07, 6.45) is 2.77. The lowest BCUT2D eigenvalue weighted by atomic mass is 9.76. The van der Waals surface area contributed by atoms with Crippen LogP contribution in [0.1, 0.15) is 18.9 Å². The third-order valence-electron chi connectivity index (χ3n) is 4.70. The normalized spacial score (nSPS) is 18.6. The van der Waals surface area contributed by atoms with Crippen LogP contribution in [-0.4, -0.2) is 22.2 Å². The number of hydrogen-bond acceptors (Lipinski definition) is 4. The number of halogens is 2. The largest absolute Gasteiger partial charge is 0.481 e. The Morgan fingerprint density at radius 3 is 2.52 bits per heavy atom. The highest BCUT2D eigenvalue weighted by molar-refractivity contribution is 14.1. The Bertz CT molecular complexity index is 1080. The summed E-state index contributed by atoms with van der Waals surface area (Å²) < 4.78 is 14.9. The lowest BCUT2D eigenvalue weighted by Crippen LogP contribution is -2.29. The second-order valence-electron chi connectivity index (χ2n) is 7.02. The SMILES string of the molecule is CC1(C(=O)O)C=C(c2ccc(F)cc2Nc2ccc(I)cc2N)C=C(C(=O)O)C1. The van der Waals surface area contributed by atoms with E-state index in [9.17, 15) is 24.2 Å². The summed E-state index contributed by atoms with van der Waals surface area (Å²) in [7, 11) is 0. The molecule has 5 N–H and O–H groups in total. The van der Waals surface area contributed by atoms with Gasteiger partial charge in [0.25, 0.3) is 0 Å². The van der Waals surface area contributed by atoms with E-state index < -0.39 is 23.2 Å². The molecule has 0 bridgehead atoms. The van der Waals surface area contributed by atoms with Crippen molar-refractivity contribution in [3.63, 3.8) is 0 Å². The average molecular weight is 508 g/mol. The molecule has 6 nitrogen and oxygen atoms in total. The van der Waals surface area contributed by atoms with Crippen molar-refractivity contribution in [2.75, 3.05) is 11.1 Å². The quantitative estimate of drug-likeness (QED) is 0.346. The standard InChI is InChI=1S/C21H18FIN2O4/c1-21(20(28)29)9-11(6-12(10-21)19(26)27)15-4-2-13(22)7-18(15)25-17-5-3-14(23)8-16(17)24/h2-9,25H,10,24H2,1H3,(H,26,27)(H,28,29). The van der Waals surface area contributed by atoms with Crippen molar-refractivity contribution < 1.29 is 24.2 Å². The first-order valence-electron chi connectivity index (χ1n) is 8.61. The van der Waals surface area contributed by atoms with E-state index in [4.69, 9.17) is 5.73 Å². The van der Waals surface area contributed by atoms with E-state index in [1.807, 2.05) is 6.07 Å². The Morgan fingerprint density at radius 1 is 1.17 bits per heavy atom. The van der Waals surface area contributed by atoms with Crippen LogP contribution < -0.4 is 11.1 Å². The highest BCUT2D eigenvalue weighted by atomic mass is 127. The maximum Gasteiger partial charge on any atom is 0.331 e. The first-order chi connectivity index (χ1) is 13.6. The van der Waals surface area contributed by atoms with E-state index in [1.54, 1.807) is 12.1 Å². The summed E-state index contributed by atoms with van der Waals surface area (Å²) >= 11 is 2.12. The summed E-state index contributed by atoms with van der Waals surface area (Å²) in [4.78, 5) is 23.3. The Kier molecular flexibility index (Phi) is 5.65. The molecule has 8 heteroatoms. The second-order valence-corrected chi connectivity index (χ2v) is 8.27. The number of nitrogen functional groups attached to an aromatic ring is 1. The number of hydrogen-bond donors (Lipinski definition) is 4. The molecule has 2 aromatic rings. The van der Waals surface area contributed by atoms with E-state index in [1.165, 1.54) is 37.3 Å². The number of carboxylic acids is 2. The predicted octanol–water partition coefficient (Wildman–Crippen LogP) is 4.65. The zero-order valence-corrected chi connectivity index (χ0v) is 17.5. The fourth-order valence-corrected chi connectivity index (χ4v) is 3.68. The van der Waals surface area contributed by atoms with Crippen LogP contribution in [0.25, 0.3) is 5.57 Å². The van der Waals surface area contributed by atoms with Crippen molar-refractivity contribution in [3.8, 4) is 0 Å². The Morgan fingerprint density at radius 2 is 1.90 bits per heavy atom. The van der Waals surface area contributed by atoms with Gasteiger partial charge in [0, 0.05) is 20.4 Å². The van der Waals surface area contributed by atoms with Gasteiger partial charge in [-0.1, -0.05) is 6.08 Å². The molecule has 1 atom stereocenters. The third-order valence-corrected chi connectivity index (χ3v) is 5.37. The van der Waals surface area contributed by atoms with Crippen LogP contribution in [0.5, 0.6) is 0 Å². The minimum Gasteiger partial charge on any atom is -0.481 e. The number of carbonyl (C=O) groups is 2. The van der Waals surface area contributed by atoms with Crippen molar-refractivity contribution >= 4 is 57.2 Å². The van der Waals surface area contributed by atoms with Gasteiger partial charge in [0.15, 0.2) is 0 Å². The van der Waals surface area contributed by atoms with Gasteiger partial charge in [0.05, 0.1) is 16.8 Å². The topological polar surface area (TPSA) is 113 Å². The molecule has 2 aromatic carbocycles. The number of benzene rings is 2. The van der Waals surface area contributed by atoms with Gasteiger partial charge < -0.3 is 21.3 Å². The van der Waals surface area contributed by atoms with Crippen LogP contribution >= 0.6 is 22.6 Å². The third kappa shape index (κ3) is 4.42. The number of allylic oxidation sites excluding steroid dienone is 2. The van der Waals surface area contributed by atoms with E-state index in [2.05, 4.69) is 27.9 Å². The molecule has 1 aliphatic rings. The average Bonchev–Trinajstić information content (AvgIpc) is 2.63. The summed E-state index contributed by atoms with van der Waals surface area (Å²) in [6, 6.07) is 9.32. The molecule has 0 saturated heterocycles. The van der Waals surface area contributed by atoms with Gasteiger partial charge in [-0.05, 0) is 84.0 Å². The van der Waals surface area contributed by atoms with Crippen molar-refractivity contribution in [1.82, 2.24) is 0 Å². The molecule has 0 saturated carbocycles. The first kappa shape index (κ1) is 20.8. The van der Waals surface area contributed by atoms with Gasteiger partial charge in [0.2, 0.25) is 0 Å². The molecule has 0 spiro atoms. The second kappa shape index (κ2) is 7.86. The Balaban J connectivity index is 2.13. The lowest BCUT2D eigenvalue weighted by Gasteiger charge is -2.27. The number of anilines is 3. The van der Waals surface area contributed by atoms with E-state index >= 15 is 0 Å². The number of nitrogens with one attached hydrogen (secondary N) is 1. The Hall–Kier alpha value is -2.88. The van der Waals surface area contributed by atoms with Crippen molar-refractivity contribution in [2.24, 2.45) is 5.41 Å². The van der Waals surface area contributed by atoms with Crippen LogP contribution in [0.2, 0.25) is 0 Å². The summed E-state index contributed by atoms with van der Waals surface area (Å²) in [5.74, 6) is -2.83. The molecule has 0 amide bonds. The van der Waals surface area contributed by atoms with Crippen LogP contribution in [0.3, 0.4) is 0 Å². The Labute approximate surface area is 180 Å². The molecule has 0 radical (unpaired) electrons. The molecule has 0 aromatic heterocycles. The fraction of sp³-hybridized carbons (Fsp3) is 0.143. The molecule has 150 valence electrons. The number of carboxylic acid groups (broad SMARTS) is 2. The van der Waals surface area contributed by atoms with E-state index in [0.29, 0.717) is 28.2 Å². The lowest BCUT2D eigenvalue weighted by molar-refractivity contribution is -0.145. The predicted molar refractivity (Wildman–Crippen MR) is 117 cm³/mol. The van der Waals surface area contributed by atoms with Crippen LogP contribution in [0, 0.1) is 14.8 Å². The molecule has 29 heavy (non-hydrogen) atoms. The number of rotatable bonds is 5. The molecular formula is C21H18FIN2O4. The van der Waals surface area contributed by atoms with Gasteiger partial charge >= 0.3 is 11.9 Å². The minimum absolute atomic E-state index is 0.0311. The maximum atomic E-state index is 14.0. The van der Waals surface area contributed by atoms with E-state index in [-0.39, 0.29) is 12.0 Å². The minimum atomic E-state index is -1.40. The van der Waals surface area contributed by atoms with Crippen molar-refractivity contribution in [1.29, 1.82) is 0 Å². The zero-order chi connectivity index (χ0) is 21.3. The smallest absolute Gasteiger partial charge is 0.331 e. The van der Waals surface area contributed by atoms with Crippen molar-refractivity contribution in [2.45, 2.75) is 13.3 Å². The fourth-order valence-electron chi connectivity index (χ4n) is 3.16. The van der Waals surface area contributed by atoms with Gasteiger partial charge in [-0.3, -0.25) is 4.79 Å². The van der Waals surface area contributed by atoms with Gasteiger partial charge in [-0.25, -0.2) is 9.18 Å².